The fourth-order valence-corrected chi connectivity index (χ4v) is 4.12. The number of furan rings is 1. The van der Waals surface area contributed by atoms with Gasteiger partial charge >= 0.3 is 0 Å². The highest BCUT2D eigenvalue weighted by Gasteiger charge is 2.44. The number of nitrogens with zero attached hydrogens (tertiary/aromatic N) is 1. The molecule has 7 nitrogen and oxygen atoms in total. The van der Waals surface area contributed by atoms with Gasteiger partial charge in [-0.1, -0.05) is 49.7 Å². The summed E-state index contributed by atoms with van der Waals surface area (Å²) in [4.78, 5) is 28.1. The molecule has 0 aliphatic carbocycles. The summed E-state index contributed by atoms with van der Waals surface area (Å²) in [5, 5.41) is 10.8. The largest absolute Gasteiger partial charge is 0.503 e. The van der Waals surface area contributed by atoms with Crippen molar-refractivity contribution < 1.29 is 28.6 Å². The highest BCUT2D eigenvalue weighted by molar-refractivity contribution is 6.15. The Morgan fingerprint density at radius 2 is 1.83 bits per heavy atom. The third-order valence-electron chi connectivity index (χ3n) is 5.83. The Morgan fingerprint density at radius 1 is 1.03 bits per heavy atom. The van der Waals surface area contributed by atoms with Crippen LogP contribution in [0.25, 0.3) is 0 Å². The fraction of sp³-hybridized carbons (Fsp3) is 0.286. The highest BCUT2D eigenvalue weighted by atomic mass is 16.5. The molecule has 3 aromatic rings. The quantitative estimate of drug-likeness (QED) is 0.285. The van der Waals surface area contributed by atoms with Crippen LogP contribution >= 0.6 is 0 Å². The van der Waals surface area contributed by atoms with E-state index >= 15 is 0 Å². The maximum absolute atomic E-state index is 13.4. The summed E-state index contributed by atoms with van der Waals surface area (Å²) in [5.74, 6) is -0.568. The Hall–Kier alpha value is -4.00. The third kappa shape index (κ3) is 5.09. The number of unbranched alkanes of at least 4 members (excludes halogenated alkanes) is 1. The minimum Gasteiger partial charge on any atom is -0.503 e. The summed E-state index contributed by atoms with van der Waals surface area (Å²) in [6.07, 6.45) is 3.30. The number of hydrogen-bond acceptors (Lipinski definition) is 6. The second kappa shape index (κ2) is 11.0. The van der Waals surface area contributed by atoms with Gasteiger partial charge in [0.05, 0.1) is 31.1 Å². The van der Waals surface area contributed by atoms with Gasteiger partial charge in [-0.2, -0.15) is 0 Å². The lowest BCUT2D eigenvalue weighted by atomic mass is 9.94. The van der Waals surface area contributed by atoms with Crippen LogP contribution in [0.15, 0.2) is 82.7 Å². The van der Waals surface area contributed by atoms with Gasteiger partial charge in [-0.05, 0) is 48.7 Å². The number of carbonyl (C=O) groups excluding carboxylic acids is 2. The third-order valence-corrected chi connectivity index (χ3v) is 5.83. The first-order valence-electron chi connectivity index (χ1n) is 11.8. The van der Waals surface area contributed by atoms with Crippen molar-refractivity contribution in [1.82, 2.24) is 4.90 Å². The summed E-state index contributed by atoms with van der Waals surface area (Å²) in [6, 6.07) is 17.1. The van der Waals surface area contributed by atoms with E-state index in [9.17, 15) is 14.7 Å². The van der Waals surface area contributed by atoms with E-state index < -0.39 is 23.5 Å². The van der Waals surface area contributed by atoms with Crippen LogP contribution in [0.4, 0.5) is 0 Å². The first kappa shape index (κ1) is 24.1. The zero-order chi connectivity index (χ0) is 24.8. The second-order valence-electron chi connectivity index (χ2n) is 8.23. The van der Waals surface area contributed by atoms with Crippen LogP contribution in [0.1, 0.15) is 54.4 Å². The molecule has 182 valence electrons. The Bertz CT molecular complexity index is 1200. The first-order valence-corrected chi connectivity index (χ1v) is 11.8. The van der Waals surface area contributed by atoms with Gasteiger partial charge in [0.25, 0.3) is 5.91 Å². The van der Waals surface area contributed by atoms with Gasteiger partial charge in [-0.25, -0.2) is 0 Å². The Balaban J connectivity index is 1.77. The maximum Gasteiger partial charge on any atom is 0.290 e. The fourth-order valence-electron chi connectivity index (χ4n) is 4.12. The summed E-state index contributed by atoms with van der Waals surface area (Å²) in [5.41, 5.74) is 1.47. The number of rotatable bonds is 11. The van der Waals surface area contributed by atoms with Gasteiger partial charge in [0.15, 0.2) is 23.0 Å². The molecule has 1 amide bonds. The van der Waals surface area contributed by atoms with Gasteiger partial charge in [-0.3, -0.25) is 9.59 Å². The zero-order valence-electron chi connectivity index (χ0n) is 19.9. The SMILES string of the molecule is CCCCOc1ccc(C2C(C(=O)c3ccco3)=C(O)C(=O)N2Cc2ccccc2)cc1OCC. The Morgan fingerprint density at radius 3 is 2.51 bits per heavy atom. The molecule has 1 unspecified atom stereocenters. The van der Waals surface area contributed by atoms with Crippen molar-refractivity contribution in [2.24, 2.45) is 0 Å². The van der Waals surface area contributed by atoms with E-state index in [1.54, 1.807) is 24.3 Å². The molecule has 7 heteroatoms. The van der Waals surface area contributed by atoms with E-state index in [0.29, 0.717) is 30.3 Å². The van der Waals surface area contributed by atoms with Crippen LogP contribution in [0.2, 0.25) is 0 Å². The van der Waals surface area contributed by atoms with Crippen LogP contribution in [-0.2, 0) is 11.3 Å². The molecular weight excluding hydrogens is 446 g/mol. The number of aliphatic hydroxyl groups excluding tert-OH is 1. The van der Waals surface area contributed by atoms with Crippen molar-refractivity contribution in [3.8, 4) is 11.5 Å². The Labute approximate surface area is 204 Å². The average Bonchev–Trinajstić information content (AvgIpc) is 3.49. The summed E-state index contributed by atoms with van der Waals surface area (Å²) >= 11 is 0. The number of carbonyl (C=O) groups is 2. The van der Waals surface area contributed by atoms with Gasteiger partial charge in [-0.15, -0.1) is 0 Å². The van der Waals surface area contributed by atoms with Crippen LogP contribution in [0.5, 0.6) is 11.5 Å². The molecule has 1 aliphatic heterocycles. The van der Waals surface area contributed by atoms with Crippen LogP contribution < -0.4 is 9.47 Å². The van der Waals surface area contributed by atoms with Crippen LogP contribution in [0, 0.1) is 0 Å². The number of Topliss-reactive ketones (excluding diaryl/α,β-unsaturated/α-hetero) is 1. The van der Waals surface area contributed by atoms with Crippen molar-refractivity contribution in [3.63, 3.8) is 0 Å². The van der Waals surface area contributed by atoms with Gasteiger partial charge < -0.3 is 23.9 Å². The predicted molar refractivity (Wildman–Crippen MR) is 130 cm³/mol. The number of ketones is 1. The molecule has 0 bridgehead atoms. The van der Waals surface area contributed by atoms with Gasteiger partial charge in [0, 0.05) is 6.54 Å². The topological polar surface area (TPSA) is 89.2 Å². The molecular formula is C28H29NO6. The van der Waals surface area contributed by atoms with E-state index in [1.807, 2.05) is 37.3 Å². The van der Waals surface area contributed by atoms with E-state index in [4.69, 9.17) is 13.9 Å². The molecule has 1 aliphatic rings. The molecule has 1 N–H and O–H groups in total. The second-order valence-corrected chi connectivity index (χ2v) is 8.23. The van der Waals surface area contributed by atoms with Crippen molar-refractivity contribution in [2.45, 2.75) is 39.3 Å². The van der Waals surface area contributed by atoms with Crippen molar-refractivity contribution in [2.75, 3.05) is 13.2 Å². The number of ether oxygens (including phenoxy) is 2. The molecule has 0 fully saturated rings. The molecule has 35 heavy (non-hydrogen) atoms. The van der Waals surface area contributed by atoms with E-state index in [0.717, 1.165) is 18.4 Å². The summed E-state index contributed by atoms with van der Waals surface area (Å²) in [6.45, 7) is 5.15. The molecule has 2 aromatic carbocycles. The van der Waals surface area contributed by atoms with Gasteiger partial charge in [0.2, 0.25) is 5.78 Å². The molecule has 0 saturated carbocycles. The minimum atomic E-state index is -0.829. The molecule has 0 radical (unpaired) electrons. The lowest BCUT2D eigenvalue weighted by Gasteiger charge is -2.27. The standard InChI is InChI=1S/C28H29NO6/c1-3-5-15-34-21-14-13-20(17-23(21)33-4-2)25-24(26(30)22-12-9-16-35-22)27(31)28(32)29(25)18-19-10-7-6-8-11-19/h6-14,16-17,25,31H,3-5,15,18H2,1-2H3. The lowest BCUT2D eigenvalue weighted by molar-refractivity contribution is -0.130. The van der Waals surface area contributed by atoms with E-state index in [-0.39, 0.29) is 17.9 Å². The average molecular weight is 476 g/mol. The number of aliphatic hydroxyl groups is 1. The minimum absolute atomic E-state index is 0.0250. The van der Waals surface area contributed by atoms with Crippen molar-refractivity contribution in [1.29, 1.82) is 0 Å². The molecule has 2 heterocycles. The normalized spacial score (nSPS) is 15.5. The molecule has 4 rings (SSSR count). The van der Waals surface area contributed by atoms with Gasteiger partial charge in [0.1, 0.15) is 0 Å². The lowest BCUT2D eigenvalue weighted by Crippen LogP contribution is -2.30. The molecule has 0 spiro atoms. The molecule has 1 atom stereocenters. The predicted octanol–water partition coefficient (Wildman–Crippen LogP) is 5.64. The van der Waals surface area contributed by atoms with Crippen LogP contribution in [-0.4, -0.2) is 34.9 Å². The van der Waals surface area contributed by atoms with Crippen molar-refractivity contribution >= 4 is 11.7 Å². The Kier molecular flexibility index (Phi) is 7.55. The maximum atomic E-state index is 13.4. The molecule has 1 aromatic heterocycles. The van der Waals surface area contributed by atoms with E-state index in [1.165, 1.54) is 17.2 Å². The zero-order valence-corrected chi connectivity index (χ0v) is 19.9. The van der Waals surface area contributed by atoms with E-state index in [2.05, 4.69) is 6.92 Å². The highest BCUT2D eigenvalue weighted by Crippen LogP contribution is 2.42. The number of hydrogen-bond donors (Lipinski definition) is 1. The van der Waals surface area contributed by atoms with Crippen LogP contribution in [0.3, 0.4) is 0 Å². The first-order chi connectivity index (χ1) is 17.0. The smallest absolute Gasteiger partial charge is 0.290 e. The molecule has 0 saturated heterocycles. The number of amides is 1. The van der Waals surface area contributed by atoms with Crippen molar-refractivity contribution in [3.05, 3.63) is 95.1 Å². The summed E-state index contributed by atoms with van der Waals surface area (Å²) < 4.78 is 17.0. The number of benzene rings is 2. The monoisotopic (exact) mass is 475 g/mol. The summed E-state index contributed by atoms with van der Waals surface area (Å²) in [7, 11) is 0.